The summed E-state index contributed by atoms with van der Waals surface area (Å²) in [6.45, 7) is 0. The molecule has 0 radical (unpaired) electrons. The predicted molar refractivity (Wildman–Crippen MR) is 74.9 cm³/mol. The Morgan fingerprint density at radius 1 is 1.21 bits per heavy atom. The summed E-state index contributed by atoms with van der Waals surface area (Å²) in [5, 5.41) is 13.6. The smallest absolute Gasteiger partial charge is 0.271 e. The second-order valence-corrected chi connectivity index (χ2v) is 4.63. The first-order chi connectivity index (χ1) is 8.97. The van der Waals surface area contributed by atoms with Crippen LogP contribution in [-0.2, 0) is 0 Å². The molecule has 2 rings (SSSR count). The minimum absolute atomic E-state index is 0.0822. The summed E-state index contributed by atoms with van der Waals surface area (Å²) in [4.78, 5) is 10.1. The summed E-state index contributed by atoms with van der Waals surface area (Å²) in [7, 11) is 0. The van der Waals surface area contributed by atoms with Gasteiger partial charge in [-0.15, -0.1) is 0 Å². The van der Waals surface area contributed by atoms with Gasteiger partial charge in [-0.3, -0.25) is 10.1 Å². The number of rotatable bonds is 3. The lowest BCUT2D eigenvalue weighted by Gasteiger charge is -2.10. The van der Waals surface area contributed by atoms with Gasteiger partial charge in [0.25, 0.3) is 5.69 Å². The topological polar surface area (TPSA) is 81.2 Å². The molecule has 0 aliphatic rings. The van der Waals surface area contributed by atoms with Crippen LogP contribution in [0.15, 0.2) is 40.9 Å². The fraction of sp³-hybridized carbons (Fsp3) is 0. The van der Waals surface area contributed by atoms with E-state index in [0.717, 1.165) is 0 Å². The number of nitrogens with one attached hydrogen (secondary N) is 1. The third-order valence-electron chi connectivity index (χ3n) is 2.45. The van der Waals surface area contributed by atoms with Crippen LogP contribution in [0.25, 0.3) is 0 Å². The number of nitro benzene ring substituents is 1. The Balaban J connectivity index is 2.31. The Morgan fingerprint density at radius 2 is 1.89 bits per heavy atom. The third kappa shape index (κ3) is 3.00. The molecule has 0 saturated heterocycles. The van der Waals surface area contributed by atoms with Crippen LogP contribution >= 0.6 is 15.9 Å². The lowest BCUT2D eigenvalue weighted by atomic mass is 10.2. The number of nitrogens with zero attached hydrogens (tertiary/aromatic N) is 1. The van der Waals surface area contributed by atoms with Crippen molar-refractivity contribution in [1.29, 1.82) is 0 Å². The van der Waals surface area contributed by atoms with E-state index in [0.29, 0.717) is 15.8 Å². The van der Waals surface area contributed by atoms with Crippen molar-refractivity contribution in [3.05, 3.63) is 56.8 Å². The second-order valence-electron chi connectivity index (χ2n) is 3.78. The molecule has 19 heavy (non-hydrogen) atoms. The zero-order valence-electron chi connectivity index (χ0n) is 9.56. The molecule has 0 bridgehead atoms. The first-order valence-electron chi connectivity index (χ1n) is 5.23. The Morgan fingerprint density at radius 3 is 2.47 bits per heavy atom. The average molecular weight is 326 g/mol. The lowest BCUT2D eigenvalue weighted by Crippen LogP contribution is -1.98. The number of nitro groups is 1. The zero-order chi connectivity index (χ0) is 14.0. The Kier molecular flexibility index (Phi) is 3.66. The highest BCUT2D eigenvalue weighted by atomic mass is 79.9. The molecular formula is C12H9BrFN3O2. The molecule has 0 unspecified atom stereocenters. The average Bonchev–Trinajstić information content (AvgIpc) is 2.34. The monoisotopic (exact) mass is 325 g/mol. The van der Waals surface area contributed by atoms with Gasteiger partial charge in [0.15, 0.2) is 0 Å². The van der Waals surface area contributed by atoms with Crippen molar-refractivity contribution in [2.75, 3.05) is 11.1 Å². The second kappa shape index (κ2) is 5.23. The molecule has 0 heterocycles. The molecule has 0 aromatic heterocycles. The zero-order valence-corrected chi connectivity index (χ0v) is 11.1. The van der Waals surface area contributed by atoms with Gasteiger partial charge in [-0.05, 0) is 40.2 Å². The number of hydrogen-bond acceptors (Lipinski definition) is 4. The molecule has 3 N–H and O–H groups in total. The quantitative estimate of drug-likeness (QED) is 0.510. The standard InChI is InChI=1S/C12H9BrFN3O2/c13-9-5-7(14)1-3-11(9)16-12-4-2-8(17(18)19)6-10(12)15/h1-6,16H,15H2. The lowest BCUT2D eigenvalue weighted by molar-refractivity contribution is -0.384. The van der Waals surface area contributed by atoms with Gasteiger partial charge in [0.05, 0.1) is 22.0 Å². The van der Waals surface area contributed by atoms with Crippen molar-refractivity contribution in [1.82, 2.24) is 0 Å². The highest BCUT2D eigenvalue weighted by molar-refractivity contribution is 9.10. The van der Waals surface area contributed by atoms with Crippen molar-refractivity contribution in [3.63, 3.8) is 0 Å². The number of halogens is 2. The van der Waals surface area contributed by atoms with Crippen molar-refractivity contribution in [3.8, 4) is 0 Å². The van der Waals surface area contributed by atoms with E-state index in [4.69, 9.17) is 5.73 Å². The number of nitrogen functional groups attached to an aromatic ring is 1. The van der Waals surface area contributed by atoms with E-state index < -0.39 is 4.92 Å². The molecule has 7 heteroatoms. The van der Waals surface area contributed by atoms with Gasteiger partial charge in [-0.25, -0.2) is 4.39 Å². The Bertz CT molecular complexity index is 649. The molecule has 0 fully saturated rings. The van der Waals surface area contributed by atoms with Crippen LogP contribution < -0.4 is 11.1 Å². The van der Waals surface area contributed by atoms with E-state index in [1.807, 2.05) is 0 Å². The molecule has 0 saturated carbocycles. The van der Waals surface area contributed by atoms with Crippen LogP contribution in [0.2, 0.25) is 0 Å². The summed E-state index contributed by atoms with van der Waals surface area (Å²) in [6.07, 6.45) is 0. The van der Waals surface area contributed by atoms with Gasteiger partial charge in [-0.1, -0.05) is 0 Å². The van der Waals surface area contributed by atoms with E-state index in [-0.39, 0.29) is 17.2 Å². The Hall–Kier alpha value is -2.15. The van der Waals surface area contributed by atoms with E-state index in [1.54, 1.807) is 6.07 Å². The molecule has 0 spiro atoms. The van der Waals surface area contributed by atoms with E-state index >= 15 is 0 Å². The first kappa shape index (κ1) is 13.3. The van der Waals surface area contributed by atoms with E-state index in [1.165, 1.54) is 30.3 Å². The summed E-state index contributed by atoms with van der Waals surface area (Å²) in [6, 6.07) is 8.26. The molecular weight excluding hydrogens is 317 g/mol. The minimum atomic E-state index is -0.520. The van der Waals surface area contributed by atoms with E-state index in [2.05, 4.69) is 21.2 Å². The third-order valence-corrected chi connectivity index (χ3v) is 3.10. The van der Waals surface area contributed by atoms with Crippen LogP contribution in [0, 0.1) is 15.9 Å². The number of benzene rings is 2. The predicted octanol–water partition coefficient (Wildman–Crippen LogP) is 3.82. The number of hydrogen-bond donors (Lipinski definition) is 2. The molecule has 98 valence electrons. The largest absolute Gasteiger partial charge is 0.397 e. The van der Waals surface area contributed by atoms with E-state index in [9.17, 15) is 14.5 Å². The van der Waals surface area contributed by atoms with Crippen molar-refractivity contribution < 1.29 is 9.31 Å². The van der Waals surface area contributed by atoms with Gasteiger partial charge in [0.1, 0.15) is 5.82 Å². The normalized spacial score (nSPS) is 10.2. The van der Waals surface area contributed by atoms with Gasteiger partial charge in [0, 0.05) is 16.6 Å². The molecule has 0 aliphatic heterocycles. The molecule has 2 aromatic rings. The maximum atomic E-state index is 12.9. The van der Waals surface area contributed by atoms with Crippen LogP contribution in [0.4, 0.5) is 27.1 Å². The summed E-state index contributed by atoms with van der Waals surface area (Å²) < 4.78 is 13.5. The van der Waals surface area contributed by atoms with Gasteiger partial charge in [-0.2, -0.15) is 0 Å². The van der Waals surface area contributed by atoms with Crippen LogP contribution in [0.3, 0.4) is 0 Å². The van der Waals surface area contributed by atoms with Crippen LogP contribution in [0.1, 0.15) is 0 Å². The molecule has 0 amide bonds. The summed E-state index contributed by atoms with van der Waals surface area (Å²) >= 11 is 3.22. The van der Waals surface area contributed by atoms with Crippen molar-refractivity contribution in [2.24, 2.45) is 0 Å². The molecule has 5 nitrogen and oxygen atoms in total. The first-order valence-corrected chi connectivity index (χ1v) is 6.02. The van der Waals surface area contributed by atoms with Crippen molar-refractivity contribution >= 4 is 38.7 Å². The number of anilines is 3. The Labute approximate surface area is 116 Å². The summed E-state index contributed by atoms with van der Waals surface area (Å²) in [5.74, 6) is -0.367. The van der Waals surface area contributed by atoms with Crippen LogP contribution in [0.5, 0.6) is 0 Å². The minimum Gasteiger partial charge on any atom is -0.397 e. The maximum Gasteiger partial charge on any atom is 0.271 e. The van der Waals surface area contributed by atoms with Crippen molar-refractivity contribution in [2.45, 2.75) is 0 Å². The highest BCUT2D eigenvalue weighted by Crippen LogP contribution is 2.31. The fourth-order valence-corrected chi connectivity index (χ4v) is 1.96. The van der Waals surface area contributed by atoms with Crippen LogP contribution in [-0.4, -0.2) is 4.92 Å². The van der Waals surface area contributed by atoms with Gasteiger partial charge >= 0.3 is 0 Å². The van der Waals surface area contributed by atoms with Gasteiger partial charge < -0.3 is 11.1 Å². The molecule has 0 atom stereocenters. The number of non-ortho nitro benzene ring substituents is 1. The maximum absolute atomic E-state index is 12.9. The highest BCUT2D eigenvalue weighted by Gasteiger charge is 2.10. The summed E-state index contributed by atoms with van der Waals surface area (Å²) in [5.41, 5.74) is 7.01. The fourth-order valence-electron chi connectivity index (χ4n) is 1.51. The number of nitrogens with two attached hydrogens (primary N) is 1. The molecule has 2 aromatic carbocycles. The van der Waals surface area contributed by atoms with Gasteiger partial charge in [0.2, 0.25) is 0 Å². The molecule has 0 aliphatic carbocycles. The SMILES string of the molecule is Nc1cc([N+](=O)[O-])ccc1Nc1ccc(F)cc1Br.